The highest BCUT2D eigenvalue weighted by Crippen LogP contribution is 2.32. The van der Waals surface area contributed by atoms with Crippen molar-refractivity contribution in [2.24, 2.45) is 0 Å². The SMILES string of the molecule is COc1ccc2c(c1)[nH]c1c(-c3ccccc3)nccc12. The molecular weight excluding hydrogens is 260 g/mol. The number of benzene rings is 2. The Morgan fingerprint density at radius 3 is 2.62 bits per heavy atom. The van der Waals surface area contributed by atoms with Crippen molar-refractivity contribution in [2.75, 3.05) is 7.11 Å². The first kappa shape index (κ1) is 12.0. The van der Waals surface area contributed by atoms with Crippen LogP contribution < -0.4 is 4.74 Å². The lowest BCUT2D eigenvalue weighted by molar-refractivity contribution is 0.415. The number of methoxy groups -OCH3 is 1. The maximum absolute atomic E-state index is 5.30. The van der Waals surface area contributed by atoms with E-state index in [0.29, 0.717) is 0 Å². The van der Waals surface area contributed by atoms with Gasteiger partial charge in [-0.3, -0.25) is 4.98 Å². The van der Waals surface area contributed by atoms with Crippen LogP contribution in [0.15, 0.2) is 60.8 Å². The number of nitrogens with zero attached hydrogens (tertiary/aromatic N) is 1. The van der Waals surface area contributed by atoms with Crippen molar-refractivity contribution in [1.29, 1.82) is 0 Å². The molecule has 0 aliphatic heterocycles. The van der Waals surface area contributed by atoms with Crippen LogP contribution in [0.3, 0.4) is 0 Å². The summed E-state index contributed by atoms with van der Waals surface area (Å²) in [6.45, 7) is 0. The van der Waals surface area contributed by atoms with Crippen molar-refractivity contribution in [2.45, 2.75) is 0 Å². The molecule has 0 atom stereocenters. The molecule has 0 amide bonds. The molecule has 3 nitrogen and oxygen atoms in total. The van der Waals surface area contributed by atoms with Gasteiger partial charge in [0, 0.05) is 28.6 Å². The van der Waals surface area contributed by atoms with E-state index in [1.807, 2.05) is 42.6 Å². The molecule has 0 unspecified atom stereocenters. The third kappa shape index (κ3) is 1.86. The van der Waals surface area contributed by atoms with E-state index in [9.17, 15) is 0 Å². The summed E-state index contributed by atoms with van der Waals surface area (Å²) < 4.78 is 5.30. The van der Waals surface area contributed by atoms with E-state index >= 15 is 0 Å². The number of pyridine rings is 1. The minimum Gasteiger partial charge on any atom is -0.497 e. The van der Waals surface area contributed by atoms with Crippen LogP contribution in [-0.2, 0) is 0 Å². The third-order valence-corrected chi connectivity index (χ3v) is 3.77. The first-order valence-electron chi connectivity index (χ1n) is 6.86. The Kier molecular flexibility index (Phi) is 2.64. The van der Waals surface area contributed by atoms with E-state index in [4.69, 9.17) is 4.74 Å². The van der Waals surface area contributed by atoms with Crippen LogP contribution in [0.2, 0.25) is 0 Å². The Bertz CT molecular complexity index is 926. The number of hydrogen-bond acceptors (Lipinski definition) is 2. The summed E-state index contributed by atoms with van der Waals surface area (Å²) in [5.41, 5.74) is 4.21. The standard InChI is InChI=1S/C18H14N2O/c1-21-13-7-8-14-15-9-10-19-17(12-5-3-2-4-6-12)18(15)20-16(14)11-13/h2-11,20H,1H3. The molecule has 3 heteroatoms. The van der Waals surface area contributed by atoms with Gasteiger partial charge in [0.1, 0.15) is 5.75 Å². The summed E-state index contributed by atoms with van der Waals surface area (Å²) in [6, 6.07) is 18.4. The minimum atomic E-state index is 0.850. The highest BCUT2D eigenvalue weighted by Gasteiger charge is 2.10. The van der Waals surface area contributed by atoms with Gasteiger partial charge in [0.05, 0.1) is 23.8 Å². The van der Waals surface area contributed by atoms with Crippen molar-refractivity contribution < 1.29 is 4.74 Å². The summed E-state index contributed by atoms with van der Waals surface area (Å²) in [7, 11) is 1.68. The van der Waals surface area contributed by atoms with Gasteiger partial charge in [-0.1, -0.05) is 30.3 Å². The summed E-state index contributed by atoms with van der Waals surface area (Å²) in [4.78, 5) is 8.03. The lowest BCUT2D eigenvalue weighted by atomic mass is 10.1. The van der Waals surface area contributed by atoms with Gasteiger partial charge in [0.2, 0.25) is 0 Å². The van der Waals surface area contributed by atoms with Crippen molar-refractivity contribution in [3.05, 3.63) is 60.8 Å². The van der Waals surface area contributed by atoms with E-state index in [-0.39, 0.29) is 0 Å². The number of hydrogen-bond donors (Lipinski definition) is 1. The zero-order chi connectivity index (χ0) is 14.2. The highest BCUT2D eigenvalue weighted by molar-refractivity contribution is 6.11. The predicted molar refractivity (Wildman–Crippen MR) is 85.6 cm³/mol. The number of nitrogens with one attached hydrogen (secondary N) is 1. The van der Waals surface area contributed by atoms with Crippen molar-refractivity contribution in [3.8, 4) is 17.0 Å². The summed E-state index contributed by atoms with van der Waals surface area (Å²) in [5.74, 6) is 0.850. The average Bonchev–Trinajstić information content (AvgIpc) is 2.93. The molecule has 0 aliphatic carbocycles. The summed E-state index contributed by atoms with van der Waals surface area (Å²) in [6.07, 6.45) is 1.86. The number of H-pyrrole nitrogens is 1. The largest absolute Gasteiger partial charge is 0.497 e. The fraction of sp³-hybridized carbons (Fsp3) is 0.0556. The van der Waals surface area contributed by atoms with E-state index in [0.717, 1.165) is 28.0 Å². The fourth-order valence-electron chi connectivity index (χ4n) is 2.75. The quantitative estimate of drug-likeness (QED) is 0.588. The van der Waals surface area contributed by atoms with Crippen molar-refractivity contribution in [3.63, 3.8) is 0 Å². The second-order valence-corrected chi connectivity index (χ2v) is 4.98. The van der Waals surface area contributed by atoms with Crippen LogP contribution >= 0.6 is 0 Å². The predicted octanol–water partition coefficient (Wildman–Crippen LogP) is 4.39. The molecule has 4 rings (SSSR count). The van der Waals surface area contributed by atoms with Gasteiger partial charge in [-0.25, -0.2) is 0 Å². The van der Waals surface area contributed by atoms with E-state index in [1.54, 1.807) is 7.11 Å². The molecule has 0 spiro atoms. The molecule has 0 saturated heterocycles. The molecule has 0 fully saturated rings. The molecule has 2 heterocycles. The van der Waals surface area contributed by atoms with E-state index in [2.05, 4.69) is 28.2 Å². The molecule has 0 bridgehead atoms. The molecule has 4 aromatic rings. The first-order valence-corrected chi connectivity index (χ1v) is 6.86. The van der Waals surface area contributed by atoms with Gasteiger partial charge in [0.15, 0.2) is 0 Å². The second-order valence-electron chi connectivity index (χ2n) is 4.98. The molecule has 21 heavy (non-hydrogen) atoms. The van der Waals surface area contributed by atoms with Crippen LogP contribution in [-0.4, -0.2) is 17.1 Å². The third-order valence-electron chi connectivity index (χ3n) is 3.77. The maximum Gasteiger partial charge on any atom is 0.120 e. The number of aromatic nitrogens is 2. The zero-order valence-corrected chi connectivity index (χ0v) is 11.6. The van der Waals surface area contributed by atoms with Crippen LogP contribution in [0.25, 0.3) is 33.1 Å². The Balaban J connectivity index is 2.05. The smallest absolute Gasteiger partial charge is 0.120 e. The Morgan fingerprint density at radius 1 is 0.952 bits per heavy atom. The van der Waals surface area contributed by atoms with Crippen LogP contribution in [0, 0.1) is 0 Å². The maximum atomic E-state index is 5.30. The number of fused-ring (bicyclic) bond motifs is 3. The molecule has 102 valence electrons. The minimum absolute atomic E-state index is 0.850. The van der Waals surface area contributed by atoms with E-state index < -0.39 is 0 Å². The van der Waals surface area contributed by atoms with Gasteiger partial charge in [0.25, 0.3) is 0 Å². The molecule has 2 aromatic heterocycles. The molecule has 0 radical (unpaired) electrons. The normalized spacial score (nSPS) is 11.1. The van der Waals surface area contributed by atoms with Gasteiger partial charge < -0.3 is 9.72 Å². The summed E-state index contributed by atoms with van der Waals surface area (Å²) in [5, 5.41) is 2.37. The molecule has 2 aromatic carbocycles. The number of ether oxygens (including phenoxy) is 1. The van der Waals surface area contributed by atoms with Crippen LogP contribution in [0.5, 0.6) is 5.75 Å². The van der Waals surface area contributed by atoms with E-state index in [1.165, 1.54) is 10.8 Å². The van der Waals surface area contributed by atoms with Crippen LogP contribution in [0.1, 0.15) is 0 Å². The van der Waals surface area contributed by atoms with Gasteiger partial charge in [-0.2, -0.15) is 0 Å². The fourth-order valence-corrected chi connectivity index (χ4v) is 2.75. The first-order chi connectivity index (χ1) is 10.4. The average molecular weight is 274 g/mol. The van der Waals surface area contributed by atoms with Gasteiger partial charge in [-0.05, 0) is 18.2 Å². The van der Waals surface area contributed by atoms with Gasteiger partial charge >= 0.3 is 0 Å². The Hall–Kier alpha value is -2.81. The lowest BCUT2D eigenvalue weighted by Gasteiger charge is -2.01. The van der Waals surface area contributed by atoms with Crippen molar-refractivity contribution in [1.82, 2.24) is 9.97 Å². The second kappa shape index (κ2) is 4.63. The van der Waals surface area contributed by atoms with Crippen LogP contribution in [0.4, 0.5) is 0 Å². The zero-order valence-electron chi connectivity index (χ0n) is 11.6. The topological polar surface area (TPSA) is 37.9 Å². The highest BCUT2D eigenvalue weighted by atomic mass is 16.5. The molecule has 0 saturated carbocycles. The number of aromatic amines is 1. The summed E-state index contributed by atoms with van der Waals surface area (Å²) >= 11 is 0. The monoisotopic (exact) mass is 274 g/mol. The number of rotatable bonds is 2. The lowest BCUT2D eigenvalue weighted by Crippen LogP contribution is -1.84. The molecular formula is C18H14N2O. The molecule has 0 aliphatic rings. The Morgan fingerprint density at radius 2 is 1.81 bits per heavy atom. The Labute approximate surface area is 122 Å². The molecule has 1 N–H and O–H groups in total. The van der Waals surface area contributed by atoms with Gasteiger partial charge in [-0.15, -0.1) is 0 Å². The van der Waals surface area contributed by atoms with Crippen molar-refractivity contribution >= 4 is 21.8 Å².